The van der Waals surface area contributed by atoms with Crippen LogP contribution in [0.3, 0.4) is 0 Å². The lowest BCUT2D eigenvalue weighted by Crippen LogP contribution is -2.37. The molecule has 2 aromatic rings. The maximum Gasteiger partial charge on any atom is 0.268 e. The molecule has 5 nitrogen and oxygen atoms in total. The first kappa shape index (κ1) is 17.1. The molecule has 2 amide bonds. The van der Waals surface area contributed by atoms with Crippen molar-refractivity contribution in [3.63, 3.8) is 0 Å². The first-order valence-corrected chi connectivity index (χ1v) is 8.03. The fourth-order valence-electron chi connectivity index (χ4n) is 2.35. The number of nitrogens with zero attached hydrogens (tertiary/aromatic N) is 1. The fourth-order valence-corrected chi connectivity index (χ4v) is 2.48. The van der Waals surface area contributed by atoms with Crippen LogP contribution >= 0.6 is 11.6 Å². The molecular formula is C17H20ClN3O2. The van der Waals surface area contributed by atoms with Crippen LogP contribution in [0, 0.1) is 0 Å². The van der Waals surface area contributed by atoms with Crippen LogP contribution in [0.25, 0.3) is 0 Å². The Morgan fingerprint density at radius 3 is 2.61 bits per heavy atom. The molecule has 1 aliphatic rings. The molecule has 1 aromatic carbocycles. The van der Waals surface area contributed by atoms with Crippen LogP contribution in [0.5, 0.6) is 0 Å². The van der Waals surface area contributed by atoms with Crippen molar-refractivity contribution >= 4 is 23.4 Å². The molecule has 0 spiro atoms. The van der Waals surface area contributed by atoms with E-state index >= 15 is 0 Å². The molecule has 3 rings (SSSR count). The minimum absolute atomic E-state index is 0.141. The summed E-state index contributed by atoms with van der Waals surface area (Å²) < 4.78 is 1.75. The van der Waals surface area contributed by atoms with E-state index in [0.717, 1.165) is 5.56 Å². The van der Waals surface area contributed by atoms with Gasteiger partial charge in [0.15, 0.2) is 0 Å². The molecule has 1 aromatic heterocycles. The van der Waals surface area contributed by atoms with Gasteiger partial charge < -0.3 is 15.2 Å². The van der Waals surface area contributed by atoms with E-state index in [4.69, 9.17) is 11.6 Å². The quantitative estimate of drug-likeness (QED) is 0.907. The van der Waals surface area contributed by atoms with Gasteiger partial charge >= 0.3 is 0 Å². The number of carbonyl (C=O) groups is 2. The van der Waals surface area contributed by atoms with Gasteiger partial charge in [-0.3, -0.25) is 9.59 Å². The number of aromatic nitrogens is 1. The second kappa shape index (κ2) is 7.83. The van der Waals surface area contributed by atoms with Gasteiger partial charge in [0.2, 0.25) is 0 Å². The van der Waals surface area contributed by atoms with Crippen LogP contribution in [0.2, 0.25) is 5.02 Å². The van der Waals surface area contributed by atoms with Gasteiger partial charge in [-0.25, -0.2) is 0 Å². The maximum atomic E-state index is 12.2. The Balaban J connectivity index is 0.000000924. The van der Waals surface area contributed by atoms with Crippen LogP contribution in [0.1, 0.15) is 40.4 Å². The zero-order valence-corrected chi connectivity index (χ0v) is 14.0. The summed E-state index contributed by atoms with van der Waals surface area (Å²) in [5.74, 6) is -0.330. The lowest BCUT2D eigenvalue weighted by molar-refractivity contribution is 0.0919. The molecule has 23 heavy (non-hydrogen) atoms. The van der Waals surface area contributed by atoms with E-state index in [1.807, 2.05) is 26.0 Å². The van der Waals surface area contributed by atoms with Crippen molar-refractivity contribution in [3.05, 3.63) is 58.4 Å². The Morgan fingerprint density at radius 1 is 1.22 bits per heavy atom. The molecule has 0 unspecified atom stereocenters. The third kappa shape index (κ3) is 3.93. The lowest BCUT2D eigenvalue weighted by Gasteiger charge is -2.18. The number of fused-ring (bicyclic) bond motifs is 1. The van der Waals surface area contributed by atoms with Crippen molar-refractivity contribution in [2.45, 2.75) is 26.9 Å². The number of nitrogens with one attached hydrogen (secondary N) is 2. The van der Waals surface area contributed by atoms with E-state index in [9.17, 15) is 9.59 Å². The predicted octanol–water partition coefficient (Wildman–Crippen LogP) is 2.84. The van der Waals surface area contributed by atoms with Crippen molar-refractivity contribution in [2.75, 3.05) is 6.54 Å². The smallest absolute Gasteiger partial charge is 0.268 e. The molecular weight excluding hydrogens is 314 g/mol. The summed E-state index contributed by atoms with van der Waals surface area (Å²) in [6, 6.07) is 10.6. The largest absolute Gasteiger partial charge is 0.349 e. The van der Waals surface area contributed by atoms with Crippen LogP contribution in [-0.2, 0) is 13.1 Å². The summed E-state index contributed by atoms with van der Waals surface area (Å²) in [5.41, 5.74) is 2.00. The number of hydrogen-bond donors (Lipinski definition) is 2. The van der Waals surface area contributed by atoms with E-state index in [2.05, 4.69) is 10.6 Å². The van der Waals surface area contributed by atoms with Crippen molar-refractivity contribution < 1.29 is 9.59 Å². The summed E-state index contributed by atoms with van der Waals surface area (Å²) in [6.45, 7) is 5.57. The summed E-state index contributed by atoms with van der Waals surface area (Å²) in [6.07, 6.45) is 0. The molecule has 0 radical (unpaired) electrons. The van der Waals surface area contributed by atoms with E-state index in [0.29, 0.717) is 36.0 Å². The van der Waals surface area contributed by atoms with Crippen molar-refractivity contribution in [3.8, 4) is 0 Å². The van der Waals surface area contributed by atoms with Crippen LogP contribution in [0.4, 0.5) is 0 Å². The third-order valence-corrected chi connectivity index (χ3v) is 3.69. The Bertz CT molecular complexity index is 692. The van der Waals surface area contributed by atoms with Gasteiger partial charge in [-0.15, -0.1) is 0 Å². The average molecular weight is 334 g/mol. The van der Waals surface area contributed by atoms with Crippen LogP contribution in [-0.4, -0.2) is 22.9 Å². The van der Waals surface area contributed by atoms with E-state index < -0.39 is 0 Å². The second-order valence-electron chi connectivity index (χ2n) is 4.82. The monoisotopic (exact) mass is 333 g/mol. The van der Waals surface area contributed by atoms with Crippen LogP contribution in [0.15, 0.2) is 36.4 Å². The molecule has 2 N–H and O–H groups in total. The van der Waals surface area contributed by atoms with Crippen molar-refractivity contribution in [1.29, 1.82) is 0 Å². The predicted molar refractivity (Wildman–Crippen MR) is 90.7 cm³/mol. The third-order valence-electron chi connectivity index (χ3n) is 3.43. The van der Waals surface area contributed by atoms with Gasteiger partial charge in [-0.2, -0.15) is 0 Å². The molecule has 2 heterocycles. The van der Waals surface area contributed by atoms with Crippen LogP contribution < -0.4 is 10.6 Å². The van der Waals surface area contributed by atoms with E-state index in [-0.39, 0.29) is 11.8 Å². The van der Waals surface area contributed by atoms with Gasteiger partial charge in [-0.1, -0.05) is 37.6 Å². The molecule has 0 aliphatic carbocycles. The van der Waals surface area contributed by atoms with Gasteiger partial charge in [-0.05, 0) is 29.8 Å². The minimum Gasteiger partial charge on any atom is -0.349 e. The Hall–Kier alpha value is -2.27. The number of amides is 2. The highest BCUT2D eigenvalue weighted by atomic mass is 35.5. The molecule has 0 bridgehead atoms. The molecule has 122 valence electrons. The highest BCUT2D eigenvalue weighted by molar-refractivity contribution is 6.30. The highest BCUT2D eigenvalue weighted by Gasteiger charge is 2.22. The summed E-state index contributed by atoms with van der Waals surface area (Å²) in [4.78, 5) is 23.9. The molecule has 0 fully saturated rings. The number of rotatable bonds is 3. The van der Waals surface area contributed by atoms with Gasteiger partial charge in [0.05, 0.1) is 0 Å². The Kier molecular flexibility index (Phi) is 5.82. The van der Waals surface area contributed by atoms with Crippen molar-refractivity contribution in [1.82, 2.24) is 15.2 Å². The average Bonchev–Trinajstić information content (AvgIpc) is 3.01. The minimum atomic E-state index is -0.189. The molecule has 6 heteroatoms. The van der Waals surface area contributed by atoms with E-state index in [1.54, 1.807) is 28.8 Å². The van der Waals surface area contributed by atoms with Crippen molar-refractivity contribution in [2.24, 2.45) is 0 Å². The fraction of sp³-hybridized carbons (Fsp3) is 0.294. The molecule has 0 saturated heterocycles. The Morgan fingerprint density at radius 2 is 1.91 bits per heavy atom. The first-order chi connectivity index (χ1) is 11.1. The number of hydrogen-bond acceptors (Lipinski definition) is 2. The zero-order valence-electron chi connectivity index (χ0n) is 13.2. The van der Waals surface area contributed by atoms with Gasteiger partial charge in [0.25, 0.3) is 11.8 Å². The topological polar surface area (TPSA) is 63.1 Å². The van der Waals surface area contributed by atoms with Gasteiger partial charge in [0.1, 0.15) is 11.4 Å². The lowest BCUT2D eigenvalue weighted by atomic mass is 10.2. The first-order valence-electron chi connectivity index (χ1n) is 7.65. The summed E-state index contributed by atoms with van der Waals surface area (Å²) in [7, 11) is 0. The number of benzene rings is 1. The highest BCUT2D eigenvalue weighted by Crippen LogP contribution is 2.13. The normalized spacial score (nSPS) is 12.6. The Labute approximate surface area is 140 Å². The van der Waals surface area contributed by atoms with Gasteiger partial charge in [0, 0.05) is 24.7 Å². The molecule has 0 atom stereocenters. The standard InChI is InChI=1S/C15H14ClN3O2.C2H6/c16-11-3-1-10(2-4-11)9-18-15(21)13-6-5-12-14(20)17-7-8-19(12)13;1-2/h1-6H,7-9H2,(H,17,20)(H,18,21);1-2H3. The number of halogens is 1. The summed E-state index contributed by atoms with van der Waals surface area (Å²) in [5, 5.41) is 6.26. The zero-order chi connectivity index (χ0) is 16.8. The SMILES string of the molecule is CC.O=C1NCCn2c1ccc2C(=O)NCc1ccc(Cl)cc1. The number of carbonyl (C=O) groups excluding carboxylic acids is 2. The second-order valence-corrected chi connectivity index (χ2v) is 5.26. The molecule has 1 aliphatic heterocycles. The van der Waals surface area contributed by atoms with E-state index in [1.165, 1.54) is 0 Å². The maximum absolute atomic E-state index is 12.2. The summed E-state index contributed by atoms with van der Waals surface area (Å²) >= 11 is 5.82. The molecule has 0 saturated carbocycles.